The van der Waals surface area contributed by atoms with Crippen molar-refractivity contribution in [1.82, 2.24) is 20.2 Å². The topological polar surface area (TPSA) is 96.8 Å². The van der Waals surface area contributed by atoms with E-state index in [0.717, 1.165) is 16.7 Å². The van der Waals surface area contributed by atoms with Gasteiger partial charge in [-0.25, -0.2) is 9.78 Å². The van der Waals surface area contributed by atoms with Crippen molar-refractivity contribution in [2.45, 2.75) is 47.6 Å². The van der Waals surface area contributed by atoms with E-state index in [2.05, 4.69) is 68.2 Å². The van der Waals surface area contributed by atoms with Gasteiger partial charge in [-0.3, -0.25) is 0 Å². The van der Waals surface area contributed by atoms with Gasteiger partial charge in [0.1, 0.15) is 11.7 Å². The first-order valence-corrected chi connectivity index (χ1v) is 10.1. The minimum absolute atomic E-state index is 0.00776. The van der Waals surface area contributed by atoms with E-state index in [1.165, 1.54) is 0 Å². The van der Waals surface area contributed by atoms with E-state index in [-0.39, 0.29) is 28.8 Å². The average molecular weight is 397 g/mol. The fourth-order valence-corrected chi connectivity index (χ4v) is 3.88. The maximum atomic E-state index is 12.8. The van der Waals surface area contributed by atoms with E-state index in [1.807, 2.05) is 17.2 Å². The number of likely N-dealkylation sites (tertiary alicyclic amines) is 1. The number of pyridine rings is 1. The summed E-state index contributed by atoms with van der Waals surface area (Å²) in [7, 11) is 0. The van der Waals surface area contributed by atoms with Gasteiger partial charge in [-0.05, 0) is 16.9 Å². The summed E-state index contributed by atoms with van der Waals surface area (Å²) in [6.07, 6.45) is 3.42. The Bertz CT molecular complexity index is 927. The molecule has 7 heteroatoms. The highest BCUT2D eigenvalue weighted by atomic mass is 16.2. The summed E-state index contributed by atoms with van der Waals surface area (Å²) in [5.74, 6) is 0.247. The van der Waals surface area contributed by atoms with Gasteiger partial charge in [0.2, 0.25) is 0 Å². The highest BCUT2D eigenvalue weighted by molar-refractivity contribution is 5.92. The number of aromatic nitrogens is 2. The lowest BCUT2D eigenvalue weighted by Gasteiger charge is -2.32. The number of nitriles is 1. The van der Waals surface area contributed by atoms with Crippen LogP contribution in [-0.4, -0.2) is 46.6 Å². The molecule has 1 aliphatic rings. The zero-order chi connectivity index (χ0) is 21.4. The number of aromatic amines is 1. The fourth-order valence-electron chi connectivity index (χ4n) is 3.88. The Morgan fingerprint density at radius 2 is 2.03 bits per heavy atom. The molecule has 3 rings (SSSR count). The Hall–Kier alpha value is -2.75. The number of carbonyl (C=O) groups is 1. The van der Waals surface area contributed by atoms with E-state index in [9.17, 15) is 10.1 Å². The number of H-pyrrole nitrogens is 1. The molecule has 3 N–H and O–H groups in total. The van der Waals surface area contributed by atoms with Gasteiger partial charge in [-0.1, -0.05) is 41.5 Å². The van der Waals surface area contributed by atoms with Crippen molar-refractivity contribution in [3.8, 4) is 6.07 Å². The number of fused-ring (bicyclic) bond motifs is 1. The number of hydrogen-bond acceptors (Lipinski definition) is 4. The number of nitrogens with zero attached hydrogens (tertiary/aromatic N) is 3. The molecule has 0 spiro atoms. The molecule has 0 radical (unpaired) electrons. The first-order valence-electron chi connectivity index (χ1n) is 10.1. The van der Waals surface area contributed by atoms with Gasteiger partial charge < -0.3 is 20.5 Å². The third-order valence-electron chi connectivity index (χ3n) is 5.53. The summed E-state index contributed by atoms with van der Waals surface area (Å²) in [4.78, 5) is 22.1. The third kappa shape index (κ3) is 4.64. The molecule has 29 heavy (non-hydrogen) atoms. The standard InChI is InChI=1S/C22H32N6O/c1-21(2,3)13-26-20(29)28-11-16(22(4,5)6)17(12-28)27-18-14(9-23)10-25-19-15(18)7-8-24-19/h7-8,10,16-17H,11-13H2,1-6H3,(H,26,29)(H2,24,25,27)/t16-,17+/m1/s1. The van der Waals surface area contributed by atoms with E-state index in [4.69, 9.17) is 0 Å². The molecule has 0 aliphatic carbocycles. The second-order valence-electron chi connectivity index (χ2n) is 10.2. The number of carbonyl (C=O) groups excluding carboxylic acids is 1. The molecule has 0 aromatic carbocycles. The number of anilines is 1. The van der Waals surface area contributed by atoms with Crippen molar-refractivity contribution in [3.05, 3.63) is 24.0 Å². The molecular formula is C22H32N6O. The summed E-state index contributed by atoms with van der Waals surface area (Å²) in [6.45, 7) is 14.8. The van der Waals surface area contributed by atoms with Crippen LogP contribution in [0.15, 0.2) is 18.5 Å². The molecule has 156 valence electrons. The van der Waals surface area contributed by atoms with E-state index >= 15 is 0 Å². The Morgan fingerprint density at radius 1 is 1.31 bits per heavy atom. The third-order valence-corrected chi connectivity index (χ3v) is 5.53. The van der Waals surface area contributed by atoms with Gasteiger partial charge in [0.15, 0.2) is 0 Å². The summed E-state index contributed by atoms with van der Waals surface area (Å²) in [5.41, 5.74) is 2.09. The monoisotopic (exact) mass is 396 g/mol. The molecule has 0 bridgehead atoms. The van der Waals surface area contributed by atoms with Crippen LogP contribution in [0.3, 0.4) is 0 Å². The zero-order valence-electron chi connectivity index (χ0n) is 18.3. The Morgan fingerprint density at radius 3 is 2.66 bits per heavy atom. The maximum Gasteiger partial charge on any atom is 0.317 e. The van der Waals surface area contributed by atoms with Gasteiger partial charge in [0.25, 0.3) is 0 Å². The van der Waals surface area contributed by atoms with Crippen molar-refractivity contribution in [3.63, 3.8) is 0 Å². The highest BCUT2D eigenvalue weighted by Gasteiger charge is 2.42. The number of amides is 2. The summed E-state index contributed by atoms with van der Waals surface area (Å²) < 4.78 is 0. The lowest BCUT2D eigenvalue weighted by Crippen LogP contribution is -2.42. The predicted octanol–water partition coefficient (Wildman–Crippen LogP) is 3.95. The lowest BCUT2D eigenvalue weighted by atomic mass is 9.78. The molecule has 1 saturated heterocycles. The van der Waals surface area contributed by atoms with Gasteiger partial charge in [0.05, 0.1) is 11.3 Å². The van der Waals surface area contributed by atoms with Crippen molar-refractivity contribution in [1.29, 1.82) is 5.26 Å². The molecule has 2 aromatic rings. The highest BCUT2D eigenvalue weighted by Crippen LogP contribution is 2.37. The zero-order valence-corrected chi connectivity index (χ0v) is 18.3. The molecule has 1 aliphatic heterocycles. The van der Waals surface area contributed by atoms with Crippen molar-refractivity contribution >= 4 is 22.8 Å². The van der Waals surface area contributed by atoms with Crippen LogP contribution in [0.5, 0.6) is 0 Å². The number of nitrogens with one attached hydrogen (secondary N) is 3. The predicted molar refractivity (Wildman–Crippen MR) is 116 cm³/mol. The number of hydrogen-bond donors (Lipinski definition) is 3. The van der Waals surface area contributed by atoms with Crippen LogP contribution < -0.4 is 10.6 Å². The molecular weight excluding hydrogens is 364 g/mol. The normalized spacial score (nSPS) is 20.0. The van der Waals surface area contributed by atoms with Crippen LogP contribution >= 0.6 is 0 Å². The van der Waals surface area contributed by atoms with Gasteiger partial charge in [-0.2, -0.15) is 5.26 Å². The van der Waals surface area contributed by atoms with Gasteiger partial charge in [0, 0.05) is 49.4 Å². The van der Waals surface area contributed by atoms with Crippen molar-refractivity contribution < 1.29 is 4.79 Å². The largest absolute Gasteiger partial charge is 0.378 e. The van der Waals surface area contributed by atoms with Gasteiger partial charge in [-0.15, -0.1) is 0 Å². The summed E-state index contributed by atoms with van der Waals surface area (Å²) in [5, 5.41) is 17.1. The van der Waals surface area contributed by atoms with Crippen LogP contribution in [0.2, 0.25) is 0 Å². The molecule has 7 nitrogen and oxygen atoms in total. The second kappa shape index (κ2) is 7.58. The fraction of sp³-hybridized carbons (Fsp3) is 0.591. The van der Waals surface area contributed by atoms with E-state index in [1.54, 1.807) is 6.20 Å². The number of urea groups is 1. The molecule has 1 fully saturated rings. The molecule has 0 unspecified atom stereocenters. The summed E-state index contributed by atoms with van der Waals surface area (Å²) >= 11 is 0. The minimum atomic E-state index is -0.0273. The average Bonchev–Trinajstić information content (AvgIpc) is 3.25. The quantitative estimate of drug-likeness (QED) is 0.732. The molecule has 0 saturated carbocycles. The molecule has 2 aromatic heterocycles. The van der Waals surface area contributed by atoms with E-state index in [0.29, 0.717) is 25.2 Å². The Kier molecular flexibility index (Phi) is 5.48. The molecule has 3 heterocycles. The lowest BCUT2D eigenvalue weighted by molar-refractivity contribution is 0.192. The molecule has 2 atom stereocenters. The Labute approximate surface area is 172 Å². The van der Waals surface area contributed by atoms with Gasteiger partial charge >= 0.3 is 6.03 Å². The van der Waals surface area contributed by atoms with Crippen LogP contribution in [0, 0.1) is 28.1 Å². The SMILES string of the molecule is CC(C)(C)CNC(=O)N1C[C@H](Nc2c(C#N)cnc3[nH]ccc23)[C@H](C(C)(C)C)C1. The van der Waals surface area contributed by atoms with Crippen molar-refractivity contribution in [2.24, 2.45) is 16.7 Å². The van der Waals surface area contributed by atoms with E-state index < -0.39 is 0 Å². The molecule has 2 amide bonds. The van der Waals surface area contributed by atoms with Crippen LogP contribution in [0.1, 0.15) is 47.1 Å². The van der Waals surface area contributed by atoms with Crippen molar-refractivity contribution in [2.75, 3.05) is 25.0 Å². The van der Waals surface area contributed by atoms with Crippen LogP contribution in [-0.2, 0) is 0 Å². The van der Waals surface area contributed by atoms with Crippen LogP contribution in [0.25, 0.3) is 11.0 Å². The smallest absolute Gasteiger partial charge is 0.317 e. The maximum absolute atomic E-state index is 12.8. The number of rotatable bonds is 3. The van der Waals surface area contributed by atoms with Crippen LogP contribution in [0.4, 0.5) is 10.5 Å². The first-order chi connectivity index (χ1) is 13.5. The Balaban J connectivity index is 1.85. The first kappa shape index (κ1) is 21.0. The minimum Gasteiger partial charge on any atom is -0.378 e. The summed E-state index contributed by atoms with van der Waals surface area (Å²) in [6, 6.07) is 4.19. The second-order valence-corrected chi connectivity index (χ2v) is 10.2.